The molecule has 1 aliphatic rings. The van der Waals surface area contributed by atoms with Gasteiger partial charge in [0.25, 0.3) is 9.05 Å². The van der Waals surface area contributed by atoms with E-state index in [4.69, 9.17) is 15.4 Å². The lowest BCUT2D eigenvalue weighted by Crippen LogP contribution is -2.24. The van der Waals surface area contributed by atoms with Gasteiger partial charge in [0.2, 0.25) is 0 Å². The molecule has 106 valence electrons. The highest BCUT2D eigenvalue weighted by Crippen LogP contribution is 2.37. The first-order valence-corrected chi connectivity index (χ1v) is 11.1. The van der Waals surface area contributed by atoms with Crippen LogP contribution in [0.3, 0.4) is 0 Å². The first kappa shape index (κ1) is 15.5. The Morgan fingerprint density at radius 1 is 1.63 bits per heavy atom. The standard InChI is InChI=1S/C10H11ClINO4S2/c1-17-10(14)6-2-3-7-8(4-6)13(18-12)5-9(7)19(11,15)16/h5-6H,2-4H2,1H3. The Hall–Kier alpha value is 0.0700. The van der Waals surface area contributed by atoms with Crippen LogP contribution in [0.4, 0.5) is 0 Å². The number of carbonyl (C=O) groups excluding carboxylic acids is 1. The van der Waals surface area contributed by atoms with Crippen LogP contribution in [0, 0.1) is 5.92 Å². The number of rotatable bonds is 3. The molecule has 5 nitrogen and oxygen atoms in total. The molecule has 0 saturated heterocycles. The molecule has 0 aliphatic heterocycles. The lowest BCUT2D eigenvalue weighted by Gasteiger charge is -2.21. The molecular weight excluding hydrogens is 425 g/mol. The molecule has 0 saturated carbocycles. The van der Waals surface area contributed by atoms with Crippen LogP contribution in [0.25, 0.3) is 0 Å². The Bertz CT molecular complexity index is 613. The number of methoxy groups -OCH3 is 1. The molecule has 1 aliphatic carbocycles. The maximum absolute atomic E-state index is 11.6. The molecule has 9 heteroatoms. The van der Waals surface area contributed by atoms with E-state index in [1.54, 1.807) is 3.97 Å². The summed E-state index contributed by atoms with van der Waals surface area (Å²) in [6, 6.07) is 0. The minimum absolute atomic E-state index is 0.150. The van der Waals surface area contributed by atoms with E-state index < -0.39 is 9.05 Å². The number of halogens is 2. The summed E-state index contributed by atoms with van der Waals surface area (Å²) in [4.78, 5) is 11.7. The molecule has 0 amide bonds. The van der Waals surface area contributed by atoms with E-state index >= 15 is 0 Å². The molecule has 0 radical (unpaired) electrons. The third-order valence-electron chi connectivity index (χ3n) is 3.20. The monoisotopic (exact) mass is 435 g/mol. The molecule has 0 fully saturated rings. The number of esters is 1. The Labute approximate surface area is 132 Å². The summed E-state index contributed by atoms with van der Waals surface area (Å²) in [5, 5.41) is 0. The van der Waals surface area contributed by atoms with Gasteiger partial charge in [0.15, 0.2) is 0 Å². The van der Waals surface area contributed by atoms with Gasteiger partial charge in [0, 0.05) is 59.3 Å². The summed E-state index contributed by atoms with van der Waals surface area (Å²) in [7, 11) is 4.40. The van der Waals surface area contributed by atoms with Crippen LogP contribution in [0.2, 0.25) is 0 Å². The van der Waals surface area contributed by atoms with Gasteiger partial charge in [0.1, 0.15) is 4.90 Å². The third kappa shape index (κ3) is 3.06. The topological polar surface area (TPSA) is 65.4 Å². The minimum atomic E-state index is -3.76. The Balaban J connectivity index is 2.45. The van der Waals surface area contributed by atoms with E-state index in [2.05, 4.69) is 21.2 Å². The fourth-order valence-electron chi connectivity index (χ4n) is 2.31. The lowest BCUT2D eigenvalue weighted by molar-refractivity contribution is -0.145. The molecule has 19 heavy (non-hydrogen) atoms. The second-order valence-corrected chi connectivity index (χ2v) is 8.46. The minimum Gasteiger partial charge on any atom is -0.469 e. The van der Waals surface area contributed by atoms with E-state index in [-0.39, 0.29) is 16.8 Å². The smallest absolute Gasteiger partial charge is 0.309 e. The van der Waals surface area contributed by atoms with Crippen LogP contribution in [0.1, 0.15) is 17.7 Å². The number of hydrogen-bond donors (Lipinski definition) is 0. The van der Waals surface area contributed by atoms with Crippen molar-refractivity contribution in [1.82, 2.24) is 3.97 Å². The van der Waals surface area contributed by atoms with Gasteiger partial charge in [-0.3, -0.25) is 8.77 Å². The number of hydrogen-bond acceptors (Lipinski definition) is 5. The number of carbonyl (C=O) groups is 1. The summed E-state index contributed by atoms with van der Waals surface area (Å²) in [5.41, 5.74) is 1.56. The molecule has 2 rings (SSSR count). The van der Waals surface area contributed by atoms with Gasteiger partial charge < -0.3 is 4.74 Å². The second kappa shape index (κ2) is 5.82. The van der Waals surface area contributed by atoms with E-state index in [1.807, 2.05) is 0 Å². The molecular formula is C10H11ClINO4S2. The fourth-order valence-corrected chi connectivity index (χ4v) is 4.99. The van der Waals surface area contributed by atoms with E-state index in [9.17, 15) is 13.2 Å². The van der Waals surface area contributed by atoms with Crippen molar-refractivity contribution < 1.29 is 17.9 Å². The molecule has 0 aromatic carbocycles. The summed E-state index contributed by atoms with van der Waals surface area (Å²) < 4.78 is 29.6. The van der Waals surface area contributed by atoms with Gasteiger partial charge >= 0.3 is 5.97 Å². The molecule has 1 unspecified atom stereocenters. The van der Waals surface area contributed by atoms with Crippen LogP contribution >= 0.6 is 41.0 Å². The van der Waals surface area contributed by atoms with Gasteiger partial charge in [-0.2, -0.15) is 0 Å². The first-order chi connectivity index (χ1) is 8.88. The fraction of sp³-hybridized carbons (Fsp3) is 0.500. The quantitative estimate of drug-likeness (QED) is 0.415. The van der Waals surface area contributed by atoms with Crippen molar-refractivity contribution in [3.05, 3.63) is 17.5 Å². The Kier molecular flexibility index (Phi) is 4.74. The summed E-state index contributed by atoms with van der Waals surface area (Å²) in [6.45, 7) is 0. The number of aromatic nitrogens is 1. The normalized spacial score (nSPS) is 19.0. The van der Waals surface area contributed by atoms with Crippen molar-refractivity contribution >= 4 is 56.0 Å². The lowest BCUT2D eigenvalue weighted by atomic mass is 9.88. The maximum Gasteiger partial charge on any atom is 0.309 e. The Morgan fingerprint density at radius 2 is 2.32 bits per heavy atom. The molecule has 1 aromatic rings. The Morgan fingerprint density at radius 3 is 2.84 bits per heavy atom. The van der Waals surface area contributed by atoms with Crippen LogP contribution in [-0.2, 0) is 31.4 Å². The maximum atomic E-state index is 11.6. The van der Waals surface area contributed by atoms with Gasteiger partial charge in [-0.1, -0.05) is 0 Å². The molecule has 0 spiro atoms. The van der Waals surface area contributed by atoms with Gasteiger partial charge in [0.05, 0.1) is 13.0 Å². The highest BCUT2D eigenvalue weighted by molar-refractivity contribution is 14.2. The van der Waals surface area contributed by atoms with Crippen molar-refractivity contribution in [3.8, 4) is 0 Å². The van der Waals surface area contributed by atoms with Crippen molar-refractivity contribution in [3.63, 3.8) is 0 Å². The summed E-state index contributed by atoms with van der Waals surface area (Å²) in [5.74, 6) is -0.479. The van der Waals surface area contributed by atoms with Crippen molar-refractivity contribution in [2.24, 2.45) is 5.92 Å². The number of fused-ring (bicyclic) bond motifs is 1. The first-order valence-electron chi connectivity index (χ1n) is 5.43. The molecule has 1 heterocycles. The van der Waals surface area contributed by atoms with Crippen LogP contribution in [0.5, 0.6) is 0 Å². The highest BCUT2D eigenvalue weighted by atomic mass is 127. The van der Waals surface area contributed by atoms with Crippen molar-refractivity contribution in [2.75, 3.05) is 7.11 Å². The third-order valence-corrected chi connectivity index (χ3v) is 6.32. The summed E-state index contributed by atoms with van der Waals surface area (Å²) >= 11 is 2.06. The zero-order valence-corrected chi connectivity index (χ0v) is 14.5. The van der Waals surface area contributed by atoms with E-state index in [0.29, 0.717) is 19.3 Å². The van der Waals surface area contributed by atoms with Crippen molar-refractivity contribution in [1.29, 1.82) is 0 Å². The average Bonchev–Trinajstić information content (AvgIpc) is 2.75. The van der Waals surface area contributed by atoms with Crippen molar-refractivity contribution in [2.45, 2.75) is 24.2 Å². The zero-order valence-electron chi connectivity index (χ0n) is 9.93. The SMILES string of the molecule is COC(=O)C1CCc2c(S(=O)(=O)Cl)cn(SI)c2C1. The number of ether oxygens (including phenoxy) is 1. The van der Waals surface area contributed by atoms with E-state index in [1.165, 1.54) is 22.4 Å². The molecule has 0 N–H and O–H groups in total. The van der Waals surface area contributed by atoms with Gasteiger partial charge in [-0.25, -0.2) is 8.42 Å². The van der Waals surface area contributed by atoms with Crippen LogP contribution in [-0.4, -0.2) is 25.5 Å². The van der Waals surface area contributed by atoms with Gasteiger partial charge in [-0.15, -0.1) is 0 Å². The average molecular weight is 436 g/mol. The number of nitrogens with zero attached hydrogens (tertiary/aromatic N) is 1. The molecule has 1 atom stereocenters. The van der Waals surface area contributed by atoms with E-state index in [0.717, 1.165) is 11.3 Å². The zero-order chi connectivity index (χ0) is 14.2. The second-order valence-electron chi connectivity index (χ2n) is 4.21. The van der Waals surface area contributed by atoms with Crippen LogP contribution < -0.4 is 0 Å². The largest absolute Gasteiger partial charge is 0.469 e. The summed E-state index contributed by atoms with van der Waals surface area (Å²) in [6.07, 6.45) is 3.09. The molecule has 1 aromatic heterocycles. The van der Waals surface area contributed by atoms with Gasteiger partial charge in [-0.05, 0) is 18.4 Å². The van der Waals surface area contributed by atoms with Crippen LogP contribution in [0.15, 0.2) is 11.1 Å². The predicted octanol–water partition coefficient (Wildman–Crippen LogP) is 2.54. The predicted molar refractivity (Wildman–Crippen MR) is 82.0 cm³/mol. The highest BCUT2D eigenvalue weighted by Gasteiger charge is 2.32. The molecule has 0 bridgehead atoms.